The molecule has 1 heterocycles. The molecule has 3 rings (SSSR count). The van der Waals surface area contributed by atoms with Gasteiger partial charge in [0.05, 0.1) is 30.7 Å². The summed E-state index contributed by atoms with van der Waals surface area (Å²) in [6, 6.07) is 11.3. The van der Waals surface area contributed by atoms with Gasteiger partial charge in [-0.2, -0.15) is 0 Å². The monoisotopic (exact) mass is 465 g/mol. The molecule has 2 aromatic carbocycles. The van der Waals surface area contributed by atoms with Crippen molar-refractivity contribution in [2.75, 3.05) is 19.8 Å². The number of carbonyl (C=O) groups is 2. The summed E-state index contributed by atoms with van der Waals surface area (Å²) in [5.74, 6) is -0.242. The smallest absolute Gasteiger partial charge is 0.335 e. The molecule has 0 bridgehead atoms. The summed E-state index contributed by atoms with van der Waals surface area (Å²) in [5, 5.41) is 12.5. The van der Waals surface area contributed by atoms with Crippen LogP contribution in [-0.4, -0.2) is 36.8 Å². The fourth-order valence-electron chi connectivity index (χ4n) is 4.39. The molecule has 1 amide bonds. The van der Waals surface area contributed by atoms with E-state index in [0.29, 0.717) is 13.2 Å². The summed E-state index contributed by atoms with van der Waals surface area (Å²) in [6.45, 7) is 9.32. The van der Waals surface area contributed by atoms with Crippen LogP contribution in [0.4, 0.5) is 0 Å². The zero-order chi connectivity index (χ0) is 24.5. The van der Waals surface area contributed by atoms with Crippen LogP contribution in [0, 0.1) is 19.8 Å². The number of hydrogen-bond acceptors (Lipinski definition) is 4. The van der Waals surface area contributed by atoms with E-state index in [2.05, 4.69) is 18.0 Å². The molecule has 1 saturated heterocycles. The Bertz CT molecular complexity index is 987. The van der Waals surface area contributed by atoms with E-state index in [9.17, 15) is 14.7 Å². The highest BCUT2D eigenvalue weighted by molar-refractivity contribution is 5.88. The molecule has 2 aromatic rings. The lowest BCUT2D eigenvalue weighted by Crippen LogP contribution is -2.37. The third-order valence-electron chi connectivity index (χ3n) is 6.24. The highest BCUT2D eigenvalue weighted by Gasteiger charge is 2.24. The highest BCUT2D eigenvalue weighted by atomic mass is 16.5. The molecule has 0 saturated carbocycles. The van der Waals surface area contributed by atoms with Crippen LogP contribution in [0.5, 0.6) is 5.75 Å². The lowest BCUT2D eigenvalue weighted by atomic mass is 9.96. The molecule has 1 aliphatic heterocycles. The van der Waals surface area contributed by atoms with Gasteiger partial charge in [-0.25, -0.2) is 4.79 Å². The van der Waals surface area contributed by atoms with Gasteiger partial charge < -0.3 is 19.9 Å². The third-order valence-corrected chi connectivity index (χ3v) is 6.24. The van der Waals surface area contributed by atoms with Crippen molar-refractivity contribution in [1.29, 1.82) is 0 Å². The zero-order valence-electron chi connectivity index (χ0n) is 20.1. The quantitative estimate of drug-likeness (QED) is 0.430. The predicted octanol–water partition coefficient (Wildman–Crippen LogP) is 5.48. The molecule has 1 fully saturated rings. The predicted molar refractivity (Wildman–Crippen MR) is 133 cm³/mol. The highest BCUT2D eigenvalue weighted by Crippen LogP contribution is 2.26. The van der Waals surface area contributed by atoms with Crippen molar-refractivity contribution < 1.29 is 24.2 Å². The maximum atomic E-state index is 12.9. The Balaban J connectivity index is 1.59. The van der Waals surface area contributed by atoms with Crippen molar-refractivity contribution in [2.24, 2.45) is 5.92 Å². The Hall–Kier alpha value is -3.12. The molecular weight excluding hydrogens is 430 g/mol. The average molecular weight is 466 g/mol. The number of nitrogens with one attached hydrogen (secondary N) is 1. The van der Waals surface area contributed by atoms with Gasteiger partial charge in [-0.15, -0.1) is 0 Å². The summed E-state index contributed by atoms with van der Waals surface area (Å²) in [7, 11) is 0. The SMILES string of the molecule is C=Cc1cccc(C(CCCCOc2c(C)cc(C(=O)O)cc2C)NC(=O)C2CCCOC2)c1. The number of benzene rings is 2. The van der Waals surface area contributed by atoms with Crippen molar-refractivity contribution >= 4 is 18.0 Å². The number of amides is 1. The van der Waals surface area contributed by atoms with E-state index >= 15 is 0 Å². The van der Waals surface area contributed by atoms with E-state index in [0.717, 1.165) is 66.7 Å². The molecule has 1 aliphatic rings. The second-order valence-electron chi connectivity index (χ2n) is 8.94. The Morgan fingerprint density at radius 1 is 1.24 bits per heavy atom. The first kappa shape index (κ1) is 25.5. The van der Waals surface area contributed by atoms with E-state index < -0.39 is 5.97 Å². The zero-order valence-corrected chi connectivity index (χ0v) is 20.1. The van der Waals surface area contributed by atoms with Gasteiger partial charge in [-0.1, -0.05) is 30.9 Å². The number of carboxylic acid groups (broad SMARTS) is 1. The van der Waals surface area contributed by atoms with Crippen molar-refractivity contribution in [2.45, 2.75) is 52.0 Å². The number of rotatable bonds is 11. The van der Waals surface area contributed by atoms with Gasteiger partial charge >= 0.3 is 5.97 Å². The Morgan fingerprint density at radius 3 is 2.65 bits per heavy atom. The summed E-state index contributed by atoms with van der Waals surface area (Å²) in [6.07, 6.45) is 6.07. The number of aromatic carboxylic acids is 1. The van der Waals surface area contributed by atoms with Gasteiger partial charge in [0.2, 0.25) is 5.91 Å². The minimum Gasteiger partial charge on any atom is -0.493 e. The fourth-order valence-corrected chi connectivity index (χ4v) is 4.39. The first-order valence-electron chi connectivity index (χ1n) is 12.0. The summed E-state index contributed by atoms with van der Waals surface area (Å²) < 4.78 is 11.5. The van der Waals surface area contributed by atoms with Crippen molar-refractivity contribution in [3.8, 4) is 5.75 Å². The van der Waals surface area contributed by atoms with Gasteiger partial charge in [-0.05, 0) is 86.4 Å². The lowest BCUT2D eigenvalue weighted by molar-refractivity contribution is -0.129. The van der Waals surface area contributed by atoms with Crippen molar-refractivity contribution in [3.63, 3.8) is 0 Å². The Labute approximate surface area is 202 Å². The minimum absolute atomic E-state index is 0.0507. The number of carbonyl (C=O) groups excluding carboxylic acids is 1. The van der Waals surface area contributed by atoms with Gasteiger partial charge in [0.25, 0.3) is 0 Å². The lowest BCUT2D eigenvalue weighted by Gasteiger charge is -2.26. The molecule has 0 radical (unpaired) electrons. The maximum absolute atomic E-state index is 12.9. The first-order chi connectivity index (χ1) is 16.4. The Morgan fingerprint density at radius 2 is 2.00 bits per heavy atom. The third kappa shape index (κ3) is 6.94. The van der Waals surface area contributed by atoms with Crippen LogP contribution in [0.2, 0.25) is 0 Å². The number of ether oxygens (including phenoxy) is 2. The molecular formula is C28H35NO5. The minimum atomic E-state index is -0.939. The van der Waals surface area contributed by atoms with E-state index in [1.54, 1.807) is 12.1 Å². The van der Waals surface area contributed by atoms with Crippen LogP contribution in [0.25, 0.3) is 6.08 Å². The standard InChI is InChI=1S/C28H35NO5/c1-4-21-9-7-10-22(17-21)25(29-27(30)23-11-8-13-33-18-23)12-5-6-14-34-26-19(2)15-24(28(31)32)16-20(26)3/h4,7,9-10,15-17,23,25H,1,5-6,8,11-14,18H2,2-3H3,(H,29,30)(H,31,32). The van der Waals surface area contributed by atoms with Gasteiger partial charge in [0.1, 0.15) is 5.75 Å². The van der Waals surface area contributed by atoms with Gasteiger partial charge in [0.15, 0.2) is 0 Å². The van der Waals surface area contributed by atoms with Crippen LogP contribution in [0.1, 0.15) is 70.8 Å². The Kier molecular flexibility index (Phi) is 9.28. The van der Waals surface area contributed by atoms with Crippen molar-refractivity contribution in [1.82, 2.24) is 5.32 Å². The van der Waals surface area contributed by atoms with Crippen LogP contribution in [0.3, 0.4) is 0 Å². The van der Waals surface area contributed by atoms with Crippen molar-refractivity contribution in [3.05, 3.63) is 70.8 Å². The summed E-state index contributed by atoms with van der Waals surface area (Å²) in [4.78, 5) is 24.1. The number of unbranched alkanes of at least 4 members (excludes halogenated alkanes) is 1. The first-order valence-corrected chi connectivity index (χ1v) is 12.0. The topological polar surface area (TPSA) is 84.9 Å². The van der Waals surface area contributed by atoms with Crippen LogP contribution in [0.15, 0.2) is 43.0 Å². The normalized spacial score (nSPS) is 16.5. The molecule has 2 N–H and O–H groups in total. The maximum Gasteiger partial charge on any atom is 0.335 e. The summed E-state index contributed by atoms with van der Waals surface area (Å²) >= 11 is 0. The average Bonchev–Trinajstić information content (AvgIpc) is 2.84. The molecule has 6 nitrogen and oxygen atoms in total. The molecule has 0 aliphatic carbocycles. The number of hydrogen-bond donors (Lipinski definition) is 2. The molecule has 182 valence electrons. The van der Waals surface area contributed by atoms with E-state index in [4.69, 9.17) is 9.47 Å². The largest absolute Gasteiger partial charge is 0.493 e. The molecule has 2 atom stereocenters. The van der Waals surface area contributed by atoms with Crippen LogP contribution >= 0.6 is 0 Å². The van der Waals surface area contributed by atoms with Crippen LogP contribution < -0.4 is 10.1 Å². The summed E-state index contributed by atoms with van der Waals surface area (Å²) in [5.41, 5.74) is 4.00. The second-order valence-corrected chi connectivity index (χ2v) is 8.94. The van der Waals surface area contributed by atoms with Gasteiger partial charge in [0, 0.05) is 6.61 Å². The van der Waals surface area contributed by atoms with E-state index in [1.807, 2.05) is 38.1 Å². The molecule has 6 heteroatoms. The van der Waals surface area contributed by atoms with E-state index in [-0.39, 0.29) is 23.4 Å². The van der Waals surface area contributed by atoms with E-state index in [1.165, 1.54) is 0 Å². The molecule has 0 aromatic heterocycles. The number of carboxylic acids is 1. The molecule has 34 heavy (non-hydrogen) atoms. The van der Waals surface area contributed by atoms with Crippen LogP contribution in [-0.2, 0) is 9.53 Å². The molecule has 2 unspecified atom stereocenters. The fraction of sp³-hybridized carbons (Fsp3) is 0.429. The second kappa shape index (κ2) is 12.4. The van der Waals surface area contributed by atoms with Gasteiger partial charge in [-0.3, -0.25) is 4.79 Å². The number of aryl methyl sites for hydroxylation is 2. The molecule has 0 spiro atoms.